The number of carboxylic acids is 2. The first kappa shape index (κ1) is 62.1. The van der Waals surface area contributed by atoms with Gasteiger partial charge in [-0.15, -0.1) is 0 Å². The highest BCUT2D eigenvalue weighted by atomic mass is 32.2. The highest BCUT2D eigenvalue weighted by Crippen LogP contribution is 2.34. The van der Waals surface area contributed by atoms with E-state index in [1.54, 1.807) is 24.3 Å². The van der Waals surface area contributed by atoms with Crippen LogP contribution in [-0.4, -0.2) is 180 Å². The number of hydrogen-bond acceptors (Lipinski definition) is 18. The van der Waals surface area contributed by atoms with Crippen LogP contribution in [-0.2, 0) is 60.8 Å². The van der Waals surface area contributed by atoms with Crippen LogP contribution in [0.25, 0.3) is 11.1 Å². The molecule has 2 aliphatic rings. The summed E-state index contributed by atoms with van der Waals surface area (Å²) >= 11 is 2.88. The zero-order valence-electron chi connectivity index (χ0n) is 42.7. The summed E-state index contributed by atoms with van der Waals surface area (Å²) in [5.74, 6) is -8.02. The number of aliphatic carboxylic acids is 2. The number of benzene rings is 3. The maximum Gasteiger partial charge on any atom is 0.364 e. The van der Waals surface area contributed by atoms with E-state index in [9.17, 15) is 69.3 Å². The molecule has 2 aliphatic heterocycles. The number of carboxylic acid groups (broad SMARTS) is 2. The van der Waals surface area contributed by atoms with Crippen molar-refractivity contribution in [3.63, 3.8) is 0 Å². The van der Waals surface area contributed by atoms with Gasteiger partial charge in [-0.05, 0) is 58.7 Å². The molecule has 5 amide bonds. The van der Waals surface area contributed by atoms with Gasteiger partial charge >= 0.3 is 11.9 Å². The standard InChI is InChI=1S/C52H69N5O18S2/c1-31(58)56-43-38(60)26-51(49(68)69,74-46(43)45(65)40(62)30-55-47(66)37-16-14-36(15-17-37)35-8-4-3-5-9-35)72-20-6-22-76-24-18-41(63)53-28-33-10-12-34(13-11-33)29-54-42(64)19-25-77-23-7-21-73-52(50(70)71)27-39(61)44(48(67)75-52)57-32(2)59/h3-5,8-17,38-40,43-46,48,60-62,65,67H,6-7,18-30H2,1-2H3,(H,53,63)(H,54,64)(H,55,66)(H,56,58)(H,57,59)(H,68,69)(H,70,71)/t38-,39+,40+,43+,44-,45+,46+,48+,51+,52+/m0/s1. The Bertz CT molecular complexity index is 2410. The Morgan fingerprint density at radius 1 is 0.623 bits per heavy atom. The molecule has 0 aromatic heterocycles. The lowest BCUT2D eigenvalue weighted by atomic mass is 9.88. The molecule has 23 nitrogen and oxygen atoms in total. The van der Waals surface area contributed by atoms with Crippen molar-refractivity contribution in [3.05, 3.63) is 95.6 Å². The number of thioether (sulfide) groups is 2. The molecule has 77 heavy (non-hydrogen) atoms. The lowest BCUT2D eigenvalue weighted by Crippen LogP contribution is -2.68. The summed E-state index contributed by atoms with van der Waals surface area (Å²) in [5.41, 5.74) is 3.80. The molecule has 5 rings (SSSR count). The molecular weight excluding hydrogens is 1050 g/mol. The molecule has 0 aliphatic carbocycles. The molecule has 3 aromatic rings. The Labute approximate surface area is 453 Å². The Morgan fingerprint density at radius 3 is 1.57 bits per heavy atom. The van der Waals surface area contributed by atoms with E-state index in [-0.39, 0.29) is 50.0 Å². The van der Waals surface area contributed by atoms with Crippen molar-refractivity contribution in [1.29, 1.82) is 0 Å². The first-order valence-electron chi connectivity index (χ1n) is 25.0. The van der Waals surface area contributed by atoms with Crippen LogP contribution in [0.15, 0.2) is 78.9 Å². The summed E-state index contributed by atoms with van der Waals surface area (Å²) < 4.78 is 22.2. The van der Waals surface area contributed by atoms with Crippen molar-refractivity contribution >= 4 is 65.0 Å². The summed E-state index contributed by atoms with van der Waals surface area (Å²) in [5, 5.41) is 86.9. The second-order valence-electron chi connectivity index (χ2n) is 18.4. The highest BCUT2D eigenvalue weighted by Gasteiger charge is 2.56. The first-order chi connectivity index (χ1) is 36.7. The number of carbonyl (C=O) groups is 7. The van der Waals surface area contributed by atoms with Crippen LogP contribution in [0, 0.1) is 0 Å². The van der Waals surface area contributed by atoms with Crippen molar-refractivity contribution < 1.29 is 88.3 Å². The van der Waals surface area contributed by atoms with Crippen LogP contribution in [0.2, 0.25) is 0 Å². The van der Waals surface area contributed by atoms with Crippen LogP contribution in [0.5, 0.6) is 0 Å². The van der Waals surface area contributed by atoms with Gasteiger partial charge in [0.15, 0.2) is 6.29 Å². The third kappa shape index (κ3) is 19.0. The monoisotopic (exact) mass is 1120 g/mol. The maximum atomic E-state index is 12.9. The zero-order valence-corrected chi connectivity index (χ0v) is 44.3. The topological polar surface area (TPSA) is 358 Å². The quantitative estimate of drug-likeness (QED) is 0.0407. The number of aliphatic hydroxyl groups is 5. The van der Waals surface area contributed by atoms with Crippen LogP contribution in [0.4, 0.5) is 0 Å². The van der Waals surface area contributed by atoms with E-state index in [1.165, 1.54) is 30.4 Å². The van der Waals surface area contributed by atoms with Gasteiger partial charge in [0.05, 0.1) is 37.6 Å². The molecule has 0 radical (unpaired) electrons. The predicted octanol–water partition coefficient (Wildman–Crippen LogP) is 0.618. The van der Waals surface area contributed by atoms with Crippen LogP contribution < -0.4 is 26.6 Å². The predicted molar refractivity (Wildman–Crippen MR) is 281 cm³/mol. The molecule has 3 aromatic carbocycles. The van der Waals surface area contributed by atoms with Gasteiger partial charge in [0.25, 0.3) is 17.5 Å². The van der Waals surface area contributed by atoms with E-state index in [1.807, 2.05) is 54.6 Å². The van der Waals surface area contributed by atoms with Gasteiger partial charge in [0, 0.05) is 76.2 Å². The van der Waals surface area contributed by atoms with Crippen molar-refractivity contribution in [2.24, 2.45) is 0 Å². The number of amides is 5. The lowest BCUT2D eigenvalue weighted by molar-refractivity contribution is -0.332. The normalized spacial score (nSPS) is 23.9. The molecule has 0 saturated carbocycles. The fourth-order valence-corrected chi connectivity index (χ4v) is 10.0. The van der Waals surface area contributed by atoms with Crippen LogP contribution in [0.3, 0.4) is 0 Å². The Balaban J connectivity index is 0.943. The SMILES string of the molecule is CC(=O)N[C@H]1[C@H](O)C[C@](OCCCSCCC(=O)NCc2ccc(CNC(=O)CCSCCCO[C@]3(C(=O)O)C[C@H](O)[C@@H](NC(C)=O)[C@H]([C@H](O)[C@H](O)CNC(=O)c4ccc(-c5ccccc5)cc4)O3)cc2)(C(=O)O)O[C@H]1O. The summed E-state index contributed by atoms with van der Waals surface area (Å²) in [7, 11) is 0. The third-order valence-electron chi connectivity index (χ3n) is 12.4. The second-order valence-corrected chi connectivity index (χ2v) is 20.9. The van der Waals surface area contributed by atoms with Crippen LogP contribution >= 0.6 is 23.5 Å². The van der Waals surface area contributed by atoms with Crippen molar-refractivity contribution in [2.45, 2.75) is 126 Å². The van der Waals surface area contributed by atoms with Crippen LogP contribution in [0.1, 0.15) is 73.9 Å². The van der Waals surface area contributed by atoms with Gasteiger partial charge in [-0.25, -0.2) is 9.59 Å². The van der Waals surface area contributed by atoms with E-state index in [0.717, 1.165) is 29.2 Å². The van der Waals surface area contributed by atoms with Gasteiger partial charge < -0.3 is 81.3 Å². The number of hydrogen-bond donors (Lipinski definition) is 12. The second kappa shape index (κ2) is 30.4. The molecule has 2 saturated heterocycles. The summed E-state index contributed by atoms with van der Waals surface area (Å²) in [4.78, 5) is 86.0. The van der Waals surface area contributed by atoms with E-state index in [2.05, 4.69) is 26.6 Å². The number of ether oxygens (including phenoxy) is 4. The molecule has 2 fully saturated rings. The van der Waals surface area contributed by atoms with Gasteiger partial charge in [-0.1, -0.05) is 66.7 Å². The molecule has 2 heterocycles. The molecule has 422 valence electrons. The minimum absolute atomic E-state index is 0.0619. The summed E-state index contributed by atoms with van der Waals surface area (Å²) in [6.45, 7) is 2.19. The number of aliphatic hydroxyl groups excluding tert-OH is 5. The molecule has 0 spiro atoms. The Morgan fingerprint density at radius 2 is 1.09 bits per heavy atom. The summed E-state index contributed by atoms with van der Waals surface area (Å²) in [6, 6.07) is 21.0. The highest BCUT2D eigenvalue weighted by molar-refractivity contribution is 7.99. The Hall–Kier alpha value is -5.71. The number of nitrogens with one attached hydrogen (secondary N) is 5. The largest absolute Gasteiger partial charge is 0.477 e. The minimum Gasteiger partial charge on any atom is -0.477 e. The molecule has 10 atom stereocenters. The van der Waals surface area contributed by atoms with E-state index >= 15 is 0 Å². The average Bonchev–Trinajstić information content (AvgIpc) is 3.41. The summed E-state index contributed by atoms with van der Waals surface area (Å²) in [6.07, 6.45) is -10.1. The van der Waals surface area contributed by atoms with Gasteiger partial charge in [0.1, 0.15) is 18.2 Å². The zero-order chi connectivity index (χ0) is 56.1. The average molecular weight is 1120 g/mol. The minimum atomic E-state index is -2.46. The van der Waals surface area contributed by atoms with Crippen molar-refractivity contribution in [3.8, 4) is 11.1 Å². The van der Waals surface area contributed by atoms with E-state index < -0.39 is 110 Å². The molecule has 25 heteroatoms. The third-order valence-corrected chi connectivity index (χ3v) is 14.6. The molecule has 0 unspecified atom stereocenters. The van der Waals surface area contributed by atoms with Crippen molar-refractivity contribution in [2.75, 3.05) is 42.8 Å². The van der Waals surface area contributed by atoms with Gasteiger partial charge in [0.2, 0.25) is 23.6 Å². The van der Waals surface area contributed by atoms with Crippen molar-refractivity contribution in [1.82, 2.24) is 26.6 Å². The number of rotatable bonds is 30. The Kier molecular flexibility index (Phi) is 24.6. The fraction of sp³-hybridized carbons (Fsp3) is 0.519. The van der Waals surface area contributed by atoms with E-state index in [0.29, 0.717) is 42.4 Å². The molecule has 12 N–H and O–H groups in total. The molecule has 0 bridgehead atoms. The lowest BCUT2D eigenvalue weighted by Gasteiger charge is -2.46. The smallest absolute Gasteiger partial charge is 0.364 e. The van der Waals surface area contributed by atoms with Gasteiger partial charge in [-0.2, -0.15) is 23.5 Å². The maximum absolute atomic E-state index is 12.9. The fourth-order valence-electron chi connectivity index (χ4n) is 8.32. The number of carbonyl (C=O) groups excluding carboxylic acids is 5. The van der Waals surface area contributed by atoms with Gasteiger partial charge in [-0.3, -0.25) is 24.0 Å². The first-order valence-corrected chi connectivity index (χ1v) is 27.3. The van der Waals surface area contributed by atoms with E-state index in [4.69, 9.17) is 18.9 Å². The molecular formula is C52H69N5O18S2.